The Labute approximate surface area is 110 Å². The van der Waals surface area contributed by atoms with Crippen LogP contribution in [-0.4, -0.2) is 34.5 Å². The highest BCUT2D eigenvalue weighted by Gasteiger charge is 2.07. The fourth-order valence-electron chi connectivity index (χ4n) is 1.45. The van der Waals surface area contributed by atoms with Crippen molar-refractivity contribution in [2.45, 2.75) is 12.5 Å². The summed E-state index contributed by atoms with van der Waals surface area (Å²) >= 11 is 0. The van der Waals surface area contributed by atoms with Crippen molar-refractivity contribution < 1.29 is 25.0 Å². The van der Waals surface area contributed by atoms with Crippen molar-refractivity contribution in [1.82, 2.24) is 5.48 Å². The van der Waals surface area contributed by atoms with E-state index in [1.165, 1.54) is 11.6 Å². The zero-order chi connectivity index (χ0) is 14.1. The van der Waals surface area contributed by atoms with Crippen LogP contribution in [0.5, 0.6) is 5.75 Å². The molecule has 0 radical (unpaired) electrons. The van der Waals surface area contributed by atoms with Gasteiger partial charge in [-0.1, -0.05) is 18.2 Å². The van der Waals surface area contributed by atoms with E-state index in [9.17, 15) is 9.90 Å². The second-order valence-electron chi connectivity index (χ2n) is 3.77. The van der Waals surface area contributed by atoms with Crippen LogP contribution in [0.25, 0.3) is 0 Å². The zero-order valence-corrected chi connectivity index (χ0v) is 10.3. The van der Waals surface area contributed by atoms with Crippen LogP contribution in [-0.2, 0) is 4.79 Å². The van der Waals surface area contributed by atoms with E-state index in [2.05, 4.69) is 0 Å². The van der Waals surface area contributed by atoms with Crippen LogP contribution in [0.3, 0.4) is 0 Å². The van der Waals surface area contributed by atoms with E-state index in [0.29, 0.717) is 11.3 Å². The predicted octanol–water partition coefficient (Wildman–Crippen LogP) is 0.543. The van der Waals surface area contributed by atoms with Gasteiger partial charge in [-0.25, -0.2) is 5.48 Å². The highest BCUT2D eigenvalue weighted by atomic mass is 16.5. The molecule has 0 spiro atoms. The predicted molar refractivity (Wildman–Crippen MR) is 67.7 cm³/mol. The van der Waals surface area contributed by atoms with Gasteiger partial charge in [-0.05, 0) is 24.1 Å². The topological polar surface area (TPSA) is 99.0 Å². The van der Waals surface area contributed by atoms with Crippen LogP contribution in [0.2, 0.25) is 0 Å². The van der Waals surface area contributed by atoms with Crippen molar-refractivity contribution in [2.24, 2.45) is 0 Å². The molecule has 0 aliphatic carbocycles. The summed E-state index contributed by atoms with van der Waals surface area (Å²) in [5.41, 5.74) is 2.10. The fraction of sp³-hybridized carbons (Fsp3) is 0.308. The lowest BCUT2D eigenvalue weighted by molar-refractivity contribution is -0.124. The van der Waals surface area contributed by atoms with Crippen molar-refractivity contribution in [2.75, 3.05) is 13.2 Å². The molecule has 0 fully saturated rings. The van der Waals surface area contributed by atoms with E-state index < -0.39 is 12.0 Å². The summed E-state index contributed by atoms with van der Waals surface area (Å²) in [7, 11) is 0. The van der Waals surface area contributed by atoms with Crippen molar-refractivity contribution in [1.29, 1.82) is 0 Å². The van der Waals surface area contributed by atoms with Crippen molar-refractivity contribution >= 4 is 5.91 Å². The van der Waals surface area contributed by atoms with E-state index in [0.717, 1.165) is 6.08 Å². The maximum atomic E-state index is 10.7. The zero-order valence-electron chi connectivity index (χ0n) is 10.3. The maximum Gasteiger partial charge on any atom is 0.267 e. The fourth-order valence-corrected chi connectivity index (χ4v) is 1.45. The van der Waals surface area contributed by atoms with Gasteiger partial charge in [0.2, 0.25) is 0 Å². The monoisotopic (exact) mass is 267 g/mol. The number of hydroxylamine groups is 1. The van der Waals surface area contributed by atoms with Crippen molar-refractivity contribution in [3.8, 4) is 5.75 Å². The lowest BCUT2D eigenvalue weighted by Gasteiger charge is -2.10. The Bertz CT molecular complexity index is 433. The molecule has 1 rings (SSSR count). The summed E-state index contributed by atoms with van der Waals surface area (Å²) in [6.07, 6.45) is 2.05. The normalized spacial score (nSPS) is 12.4. The van der Waals surface area contributed by atoms with Gasteiger partial charge in [0.25, 0.3) is 5.91 Å². The standard InChI is InChI=1S/C13H17NO5/c15-7-8-19-11-4-1-3-10(9-11)12(16)5-2-6-13(17)14-18/h1-4,6,9,12,15-16,18H,5,7-8H2,(H,14,17)/b6-2+/t12-/m0/s1. The van der Waals surface area contributed by atoms with Crippen molar-refractivity contribution in [3.05, 3.63) is 42.0 Å². The summed E-state index contributed by atoms with van der Waals surface area (Å²) in [6, 6.07) is 6.85. The first-order chi connectivity index (χ1) is 9.17. The molecule has 0 aromatic heterocycles. The number of carbonyl (C=O) groups is 1. The molecule has 0 heterocycles. The van der Waals surface area contributed by atoms with Crippen LogP contribution in [0.1, 0.15) is 18.1 Å². The SMILES string of the molecule is O=C(/C=C/C[C@H](O)c1cccc(OCCO)c1)NO. The molecule has 1 aromatic rings. The van der Waals surface area contributed by atoms with Gasteiger partial charge in [0, 0.05) is 6.08 Å². The number of carbonyl (C=O) groups excluding carboxylic acids is 1. The maximum absolute atomic E-state index is 10.7. The molecular weight excluding hydrogens is 250 g/mol. The van der Waals surface area contributed by atoms with Crippen LogP contribution in [0.4, 0.5) is 0 Å². The third kappa shape index (κ3) is 5.52. The molecule has 0 aliphatic rings. The summed E-state index contributed by atoms with van der Waals surface area (Å²) in [5, 5.41) is 26.8. The molecule has 1 amide bonds. The molecule has 0 bridgehead atoms. The third-order valence-corrected chi connectivity index (χ3v) is 2.34. The number of hydrogen-bond donors (Lipinski definition) is 4. The Morgan fingerprint density at radius 3 is 2.95 bits per heavy atom. The first kappa shape index (κ1) is 15.2. The molecule has 104 valence electrons. The average molecular weight is 267 g/mol. The van der Waals surface area contributed by atoms with E-state index >= 15 is 0 Å². The molecule has 6 nitrogen and oxygen atoms in total. The van der Waals surface area contributed by atoms with Gasteiger partial charge < -0.3 is 14.9 Å². The van der Waals surface area contributed by atoms with Gasteiger partial charge in [0.05, 0.1) is 12.7 Å². The van der Waals surface area contributed by atoms with E-state index in [1.54, 1.807) is 24.3 Å². The highest BCUT2D eigenvalue weighted by molar-refractivity contribution is 5.86. The lowest BCUT2D eigenvalue weighted by atomic mass is 10.1. The molecular formula is C13H17NO5. The summed E-state index contributed by atoms with van der Waals surface area (Å²) in [4.78, 5) is 10.7. The molecule has 4 N–H and O–H groups in total. The van der Waals surface area contributed by atoms with Gasteiger partial charge in [0.15, 0.2) is 0 Å². The van der Waals surface area contributed by atoms with Gasteiger partial charge >= 0.3 is 0 Å². The Morgan fingerprint density at radius 2 is 2.26 bits per heavy atom. The number of hydrogen-bond acceptors (Lipinski definition) is 5. The largest absolute Gasteiger partial charge is 0.491 e. The Kier molecular flexibility index (Phi) is 6.59. The van der Waals surface area contributed by atoms with Crippen molar-refractivity contribution in [3.63, 3.8) is 0 Å². The summed E-state index contributed by atoms with van der Waals surface area (Å²) < 4.78 is 5.23. The molecule has 1 aromatic carbocycles. The second-order valence-corrected chi connectivity index (χ2v) is 3.77. The van der Waals surface area contributed by atoms with Crippen LogP contribution in [0, 0.1) is 0 Å². The molecule has 0 saturated heterocycles. The number of nitrogens with one attached hydrogen (secondary N) is 1. The molecule has 6 heteroatoms. The first-order valence-corrected chi connectivity index (χ1v) is 5.79. The lowest BCUT2D eigenvalue weighted by Crippen LogP contribution is -2.15. The van der Waals surface area contributed by atoms with Crippen LogP contribution >= 0.6 is 0 Å². The second kappa shape index (κ2) is 8.25. The molecule has 0 unspecified atom stereocenters. The quantitative estimate of drug-likeness (QED) is 0.328. The highest BCUT2D eigenvalue weighted by Crippen LogP contribution is 2.21. The molecule has 0 saturated carbocycles. The van der Waals surface area contributed by atoms with Gasteiger partial charge in [-0.15, -0.1) is 0 Å². The number of ether oxygens (including phenoxy) is 1. The number of aliphatic hydroxyl groups is 2. The van der Waals surface area contributed by atoms with Gasteiger partial charge in [-0.2, -0.15) is 0 Å². The molecule has 1 atom stereocenters. The number of benzene rings is 1. The summed E-state index contributed by atoms with van der Waals surface area (Å²) in [6.45, 7) is 0.113. The van der Waals surface area contributed by atoms with E-state index in [4.69, 9.17) is 15.1 Å². The Morgan fingerprint density at radius 1 is 1.47 bits per heavy atom. The average Bonchev–Trinajstić information content (AvgIpc) is 2.45. The van der Waals surface area contributed by atoms with Gasteiger partial charge in [0.1, 0.15) is 12.4 Å². The Balaban J connectivity index is 2.58. The minimum absolute atomic E-state index is 0.0776. The van der Waals surface area contributed by atoms with Gasteiger partial charge in [-0.3, -0.25) is 10.0 Å². The first-order valence-electron chi connectivity index (χ1n) is 5.79. The third-order valence-electron chi connectivity index (χ3n) is 2.34. The van der Waals surface area contributed by atoms with Crippen LogP contribution < -0.4 is 10.2 Å². The molecule has 19 heavy (non-hydrogen) atoms. The number of aliphatic hydroxyl groups excluding tert-OH is 2. The van der Waals surface area contributed by atoms with E-state index in [-0.39, 0.29) is 19.6 Å². The minimum Gasteiger partial charge on any atom is -0.491 e. The summed E-state index contributed by atoms with van der Waals surface area (Å²) in [5.74, 6) is -0.0880. The number of amides is 1. The smallest absolute Gasteiger partial charge is 0.267 e. The van der Waals surface area contributed by atoms with Crippen LogP contribution in [0.15, 0.2) is 36.4 Å². The van der Waals surface area contributed by atoms with E-state index in [1.807, 2.05) is 0 Å². The molecule has 0 aliphatic heterocycles. The Hall–Kier alpha value is -1.89. The minimum atomic E-state index is -0.777. The number of rotatable bonds is 7.